The Kier molecular flexibility index (Phi) is 18.9. The summed E-state index contributed by atoms with van der Waals surface area (Å²) < 4.78 is 499. The summed E-state index contributed by atoms with van der Waals surface area (Å²) in [6, 6.07) is -2.80. The zero-order chi connectivity index (χ0) is 67.4. The van der Waals surface area contributed by atoms with Crippen molar-refractivity contribution in [2.75, 3.05) is 13.1 Å². The Labute approximate surface area is 457 Å². The molecular weight excluding hydrogens is 1290 g/mol. The Hall–Kier alpha value is -5.40. The minimum Gasteiger partial charge on any atom is -0.274 e. The third-order valence-electron chi connectivity index (χ3n) is 13.9. The Morgan fingerprint density at radius 1 is 0.279 bits per heavy atom. The van der Waals surface area contributed by atoms with Crippen molar-refractivity contribution in [1.82, 2.24) is 9.80 Å². The molecule has 0 saturated carbocycles. The first-order chi connectivity index (χ1) is 38.3. The average Bonchev–Trinajstić information content (AvgIpc) is 0.701. The first kappa shape index (κ1) is 73.1. The fourth-order valence-electron chi connectivity index (χ4n) is 8.83. The minimum atomic E-state index is -9.39. The molecule has 0 spiro atoms. The van der Waals surface area contributed by atoms with Gasteiger partial charge in [-0.3, -0.25) is 29.0 Å². The number of imide groups is 2. The maximum Gasteiger partial charge on any atom is 0.460 e. The highest BCUT2D eigenvalue weighted by atomic mass is 19.4. The molecule has 2 aromatic rings. The topological polar surface area (TPSA) is 74.8 Å². The van der Waals surface area contributed by atoms with E-state index in [1.165, 1.54) is 0 Å². The number of rotatable bonds is 28. The zero-order valence-electron chi connectivity index (χ0n) is 42.4. The van der Waals surface area contributed by atoms with Gasteiger partial charge < -0.3 is 0 Å². The molecule has 0 unspecified atom stereocenters. The van der Waals surface area contributed by atoms with Gasteiger partial charge in [-0.1, -0.05) is 78.1 Å². The van der Waals surface area contributed by atoms with Crippen LogP contribution in [0.1, 0.15) is 143 Å². The first-order valence-corrected chi connectivity index (χ1v) is 24.1. The highest BCUT2D eigenvalue weighted by Gasteiger charge is 2.97. The molecule has 2 aromatic carbocycles. The number of carbonyl (C=O) groups is 4. The van der Waals surface area contributed by atoms with Gasteiger partial charge in [-0.15, -0.1) is 0 Å². The highest BCUT2D eigenvalue weighted by Crippen LogP contribution is 2.68. The predicted octanol–water partition coefficient (Wildman–Crippen LogP) is 17.7. The van der Waals surface area contributed by atoms with Crippen LogP contribution >= 0.6 is 0 Å². The lowest BCUT2D eigenvalue weighted by molar-refractivity contribution is -0.462. The van der Waals surface area contributed by atoms with Crippen LogP contribution in [0.2, 0.25) is 0 Å². The standard InChI is InChI=1S/C46H36F34N2O4/c1-3-5-7-9-11-13-15-81-27(83)19-17-22(32(49,50)34(53,54)36(57,58)38(61,62)40(65,66)42(69,70)44(73,74)46(78,79)80)26-24-20(28(84)82(30(26)86)16-14-12-10-8-6-4-2)18-21(25(23(19)24)29(81)85)31(47,48)33(51,52)35(55,56)37(59,60)39(63,64)41(67,68)43(71,72)45(75,76)77/h17-18H,3-16H2,1-2H3. The third-order valence-corrected chi connectivity index (χ3v) is 13.9. The van der Waals surface area contributed by atoms with Crippen LogP contribution in [0, 0.1) is 0 Å². The van der Waals surface area contributed by atoms with Gasteiger partial charge in [-0.2, -0.15) is 149 Å². The van der Waals surface area contributed by atoms with E-state index in [0.717, 1.165) is 0 Å². The van der Waals surface area contributed by atoms with Crippen molar-refractivity contribution in [3.05, 3.63) is 45.5 Å². The second kappa shape index (κ2) is 22.3. The molecule has 0 atom stereocenters. The lowest BCUT2D eigenvalue weighted by Crippen LogP contribution is -2.74. The van der Waals surface area contributed by atoms with Crippen molar-refractivity contribution in [2.45, 2.75) is 186 Å². The Morgan fingerprint density at radius 3 is 0.721 bits per heavy atom. The smallest absolute Gasteiger partial charge is 0.274 e. The quantitative estimate of drug-likeness (QED) is 0.0483. The number of amides is 4. The van der Waals surface area contributed by atoms with Gasteiger partial charge in [-0.05, 0) is 25.0 Å². The molecule has 0 aromatic heterocycles. The number of halogens is 34. The van der Waals surface area contributed by atoms with Gasteiger partial charge in [-0.25, -0.2) is 0 Å². The maximum atomic E-state index is 16.7. The van der Waals surface area contributed by atoms with Gasteiger partial charge in [0, 0.05) is 46.1 Å². The molecule has 4 rings (SSSR count). The number of nitrogens with zero attached hydrogens (tertiary/aromatic N) is 2. The van der Waals surface area contributed by atoms with Crippen LogP contribution < -0.4 is 0 Å². The number of alkyl halides is 34. The van der Waals surface area contributed by atoms with Gasteiger partial charge in [0.25, 0.3) is 23.6 Å². The molecule has 6 nitrogen and oxygen atoms in total. The molecule has 492 valence electrons. The SMILES string of the molecule is CCCCCCCCN1C(=O)c2cc(C(F)(F)C(F)(F)C(F)(F)C(F)(F)C(F)(F)C(F)(F)C(F)(F)C(F)(F)F)c3c4c(cc(C(F)(F)C(F)(F)C(F)(F)C(F)(F)C(F)(F)C(F)(F)C(F)(F)C(F)(F)F)c(c24)C1=O)C(=O)N(CCCCCCCC)C3=O. The van der Waals surface area contributed by atoms with E-state index in [2.05, 4.69) is 0 Å². The number of carbonyl (C=O) groups excluding carboxylic acids is 4. The molecular formula is C46H36F34N2O4. The van der Waals surface area contributed by atoms with E-state index in [1.807, 2.05) is 0 Å². The average molecular weight is 1330 g/mol. The molecule has 0 bridgehead atoms. The Balaban J connectivity index is 2.29. The minimum absolute atomic E-state index is 0.0665. The summed E-state index contributed by atoms with van der Waals surface area (Å²) in [5.41, 5.74) is -18.7. The van der Waals surface area contributed by atoms with Crippen LogP contribution in [0.25, 0.3) is 10.8 Å². The maximum absolute atomic E-state index is 16.7. The highest BCUT2D eigenvalue weighted by molar-refractivity contribution is 6.34. The largest absolute Gasteiger partial charge is 0.460 e. The molecule has 0 aliphatic carbocycles. The van der Waals surface area contributed by atoms with Gasteiger partial charge in [0.2, 0.25) is 0 Å². The lowest BCUT2D eigenvalue weighted by atomic mass is 9.76. The van der Waals surface area contributed by atoms with E-state index < -0.39 is 211 Å². The fourth-order valence-corrected chi connectivity index (χ4v) is 8.83. The van der Waals surface area contributed by atoms with Crippen LogP contribution in [0.5, 0.6) is 0 Å². The van der Waals surface area contributed by atoms with Gasteiger partial charge in [0.15, 0.2) is 0 Å². The fraction of sp³-hybridized carbons (Fsp3) is 0.696. The molecule has 0 radical (unpaired) electrons. The Bertz CT molecular complexity index is 2730. The van der Waals surface area contributed by atoms with Crippen LogP contribution in [0.3, 0.4) is 0 Å². The molecule has 40 heteroatoms. The Morgan fingerprint density at radius 2 is 0.488 bits per heavy atom. The third kappa shape index (κ3) is 10.1. The number of hydrogen-bond acceptors (Lipinski definition) is 4. The summed E-state index contributed by atoms with van der Waals surface area (Å²) in [6.07, 6.45) is -17.3. The van der Waals surface area contributed by atoms with Crippen LogP contribution in [-0.4, -0.2) is 130 Å². The van der Waals surface area contributed by atoms with E-state index in [0.29, 0.717) is 25.7 Å². The van der Waals surface area contributed by atoms with Gasteiger partial charge in [0.05, 0.1) is 11.1 Å². The summed E-state index contributed by atoms with van der Waals surface area (Å²) in [4.78, 5) is 55.0. The summed E-state index contributed by atoms with van der Waals surface area (Å²) in [5.74, 6) is -137. The zero-order valence-corrected chi connectivity index (χ0v) is 42.4. The molecule has 4 amide bonds. The molecule has 86 heavy (non-hydrogen) atoms. The second-order valence-electron chi connectivity index (χ2n) is 19.5. The van der Waals surface area contributed by atoms with Crippen molar-refractivity contribution in [3.8, 4) is 0 Å². The first-order valence-electron chi connectivity index (χ1n) is 24.1. The molecule has 2 heterocycles. The van der Waals surface area contributed by atoms with Crippen molar-refractivity contribution < 1.29 is 168 Å². The van der Waals surface area contributed by atoms with E-state index >= 15 is 52.7 Å². The van der Waals surface area contributed by atoms with Crippen molar-refractivity contribution in [3.63, 3.8) is 0 Å². The normalized spacial score (nSPS) is 16.6. The van der Waals surface area contributed by atoms with E-state index in [9.17, 15) is 116 Å². The summed E-state index contributed by atoms with van der Waals surface area (Å²) >= 11 is 0. The molecule has 2 aliphatic rings. The van der Waals surface area contributed by atoms with Crippen LogP contribution in [-0.2, 0) is 11.8 Å². The monoisotopic (exact) mass is 1330 g/mol. The van der Waals surface area contributed by atoms with Crippen molar-refractivity contribution in [2.24, 2.45) is 0 Å². The van der Waals surface area contributed by atoms with Gasteiger partial charge >= 0.3 is 95.3 Å². The molecule has 2 aliphatic heterocycles. The van der Waals surface area contributed by atoms with E-state index in [4.69, 9.17) is 0 Å². The number of unbranched alkanes of at least 4 members (excludes halogenated alkanes) is 10. The molecule has 0 fully saturated rings. The van der Waals surface area contributed by atoms with E-state index in [-0.39, 0.29) is 38.5 Å². The number of benzene rings is 2. The summed E-state index contributed by atoms with van der Waals surface area (Å²) in [6.45, 7) is -0.0500. The number of hydrogen-bond donors (Lipinski definition) is 0. The van der Waals surface area contributed by atoms with Gasteiger partial charge in [0.1, 0.15) is 0 Å². The van der Waals surface area contributed by atoms with Crippen molar-refractivity contribution >= 4 is 34.4 Å². The van der Waals surface area contributed by atoms with E-state index in [1.54, 1.807) is 13.8 Å². The molecule has 0 saturated heterocycles. The summed E-state index contributed by atoms with van der Waals surface area (Å²) in [7, 11) is 0. The molecule has 0 N–H and O–H groups in total. The van der Waals surface area contributed by atoms with Crippen LogP contribution in [0.15, 0.2) is 12.1 Å². The van der Waals surface area contributed by atoms with Crippen LogP contribution in [0.4, 0.5) is 149 Å². The van der Waals surface area contributed by atoms with Crippen molar-refractivity contribution in [1.29, 1.82) is 0 Å². The second-order valence-corrected chi connectivity index (χ2v) is 19.5. The predicted molar refractivity (Wildman–Crippen MR) is 221 cm³/mol. The lowest BCUT2D eigenvalue weighted by Gasteiger charge is -2.44. The summed E-state index contributed by atoms with van der Waals surface area (Å²) in [5, 5.41) is -5.15.